The monoisotopic (exact) mass is 1590 g/mol. The normalized spacial score (nSPS) is 10.6. The van der Waals surface area contributed by atoms with Crippen molar-refractivity contribution in [3.05, 3.63) is 11.9 Å². The average Bonchev–Trinajstić information content (AvgIpc) is 1.69. The van der Waals surface area contributed by atoms with Crippen molar-refractivity contribution in [3.8, 4) is 0 Å². The van der Waals surface area contributed by atoms with Gasteiger partial charge in [-0.15, -0.1) is 5.10 Å². The molecule has 0 N–H and O–H groups in total. The van der Waals surface area contributed by atoms with Gasteiger partial charge in [0.05, 0.1) is 59.6 Å². The molecule has 1 aromatic rings. The van der Waals surface area contributed by atoms with Gasteiger partial charge in [-0.2, -0.15) is 0 Å². The second kappa shape index (κ2) is 91.9. The third kappa shape index (κ3) is 102. The van der Waals surface area contributed by atoms with Gasteiger partial charge in [-0.25, -0.2) is 24.0 Å². The van der Waals surface area contributed by atoms with E-state index in [2.05, 4.69) is 82.8 Å². The van der Waals surface area contributed by atoms with Crippen molar-refractivity contribution in [2.45, 2.75) is 249 Å². The van der Waals surface area contributed by atoms with Crippen molar-refractivity contribution >= 4 is 66.1 Å². The lowest BCUT2D eigenvalue weighted by atomic mass is 10.0. The Labute approximate surface area is 669 Å². The first-order valence-electron chi connectivity index (χ1n) is 39.0. The van der Waals surface area contributed by atoms with E-state index in [1.165, 1.54) is 69.0 Å². The van der Waals surface area contributed by atoms with Crippen LogP contribution in [0.5, 0.6) is 0 Å². The quantitative estimate of drug-likeness (QED) is 0.0769. The lowest BCUT2D eigenvalue weighted by molar-refractivity contribution is -0.143. The van der Waals surface area contributed by atoms with E-state index >= 15 is 0 Å². The first-order valence-corrected chi connectivity index (χ1v) is 39.0. The van der Waals surface area contributed by atoms with Gasteiger partial charge < -0.3 is 81.8 Å². The SMILES string of the molecule is CCC(=O)N(C)C.CCC(=O)N(C)C.CCC(=O)N(C)CC.CCC(=O)N(C)CC.CCC(=O)OC.CCC1(C)CC1.CCC1(CC)CC1.CCN(C)C(=O)N(C)C.CCOC(=O)CC.CCOC(=O)N(C)C.CCOC(=O)N(C)CC.CCOC(=O)OC.CCOC(=O)OCC.CCOCC.CCc1cn(C)nn1. The fourth-order valence-electron chi connectivity index (χ4n) is 5.94. The van der Waals surface area contributed by atoms with Crippen molar-refractivity contribution in [1.82, 2.24) is 54.2 Å². The summed E-state index contributed by atoms with van der Waals surface area (Å²) in [7, 11) is 25.4. The molecule has 31 heteroatoms. The van der Waals surface area contributed by atoms with Crippen LogP contribution in [0.4, 0.5) is 24.0 Å². The number of methoxy groups -OCH3 is 2. The van der Waals surface area contributed by atoms with Crippen LogP contribution < -0.4 is 0 Å². The summed E-state index contributed by atoms with van der Waals surface area (Å²) in [6, 6.07) is 0.0532. The molecule has 0 atom stereocenters. The number of esters is 2. The van der Waals surface area contributed by atoms with E-state index in [4.69, 9.17) is 4.74 Å². The number of hydrogen-bond donors (Lipinski definition) is 0. The second-order valence-corrected chi connectivity index (χ2v) is 24.3. The zero-order valence-corrected chi connectivity index (χ0v) is 77.0. The molecular formula is C79H167N11O20. The second-order valence-electron chi connectivity index (χ2n) is 24.3. The predicted octanol–water partition coefficient (Wildman–Crippen LogP) is 14.8. The number of amides is 8. The van der Waals surface area contributed by atoms with Crippen molar-refractivity contribution in [1.29, 1.82) is 0 Å². The van der Waals surface area contributed by atoms with E-state index in [-0.39, 0.29) is 53.8 Å². The van der Waals surface area contributed by atoms with Crippen LogP contribution in [0.3, 0.4) is 0 Å². The highest BCUT2D eigenvalue weighted by Gasteiger charge is 2.38. The van der Waals surface area contributed by atoms with Gasteiger partial charge in [0.1, 0.15) is 0 Å². The van der Waals surface area contributed by atoms with E-state index in [1.54, 1.807) is 160 Å². The summed E-state index contributed by atoms with van der Waals surface area (Å²) in [4.78, 5) is 127. The molecule has 0 aliphatic heterocycles. The third-order valence-electron chi connectivity index (χ3n) is 14.8. The Morgan fingerprint density at radius 1 is 0.373 bits per heavy atom. The van der Waals surface area contributed by atoms with Gasteiger partial charge in [0.25, 0.3) is 0 Å². The van der Waals surface area contributed by atoms with Crippen molar-refractivity contribution in [3.63, 3.8) is 0 Å². The molecule has 0 bridgehead atoms. The smallest absolute Gasteiger partial charge is 0.469 e. The number of hydrogen-bond acceptors (Lipinski definition) is 22. The molecule has 2 aliphatic rings. The van der Waals surface area contributed by atoms with Crippen molar-refractivity contribution < 1.29 is 95.4 Å². The Kier molecular flexibility index (Phi) is 108. The first-order chi connectivity index (χ1) is 51.4. The molecule has 0 aromatic carbocycles. The fraction of sp³-hybridized carbons (Fsp3) is 0.835. The summed E-state index contributed by atoms with van der Waals surface area (Å²) >= 11 is 0. The van der Waals surface area contributed by atoms with Gasteiger partial charge in [-0.1, -0.05) is 101 Å². The van der Waals surface area contributed by atoms with Gasteiger partial charge >= 0.3 is 42.5 Å². The standard InChI is InChI=1S/C7H14.C6H14N2O.C6H13NO2.2C6H13NO.C6H12.C5H9N3.C5H11NO2.2C5H11NO.C5H10O3.C5H10O2.C4H8O3.C4H8O2.C4H10O/c1-3-7(4-2)5-6-7;1-5-8(4)6(9)7(2)3;1-4-7(3)6(8)9-5-2;2*1-4-6(8)7(3)5-2;1-3-6(2)4-5-6;1-3-5-4-8(2)7-6-5;1-4-8-5(7)6(2)3;2*1-4-5(7)6(2)3;1-3-7-5(6)8-4-2;1-3-5(6)7-4-2;1-3-7-4(5)6-2;1-3-4(5)6-2;1-3-5-4-2/h3-6H2,1-2H3;5H2,1-4H3;4-5H2,1-3H3;2*4-5H2,1-3H3;3-5H2,1-2H3;4H,3H2,1-2H3;4H2,1-3H3;2*4H2,1-3H3;3-4H2,1-2H3;3-4H2,1-2H3;3H2,1-2H3;3H2,1-2H3;3-4H2,1-2H3. The van der Waals surface area contributed by atoms with E-state index < -0.39 is 12.3 Å². The zero-order chi connectivity index (χ0) is 89.0. The van der Waals surface area contributed by atoms with E-state index in [0.717, 1.165) is 55.8 Å². The summed E-state index contributed by atoms with van der Waals surface area (Å²) in [6.45, 7) is 51.8. The van der Waals surface area contributed by atoms with Gasteiger partial charge in [0.15, 0.2) is 0 Å². The largest absolute Gasteiger partial charge is 0.508 e. The molecule has 2 aliphatic carbocycles. The molecule has 0 unspecified atom stereocenters. The molecule has 658 valence electrons. The minimum atomic E-state index is -0.623. The maximum Gasteiger partial charge on any atom is 0.508 e. The van der Waals surface area contributed by atoms with E-state index in [9.17, 15) is 52.7 Å². The number of carbonyl (C=O) groups is 11. The maximum atomic E-state index is 10.9. The first kappa shape index (κ1) is 129. The summed E-state index contributed by atoms with van der Waals surface area (Å²) in [5, 5.41) is 7.60. The van der Waals surface area contributed by atoms with Crippen LogP contribution in [0, 0.1) is 10.8 Å². The van der Waals surface area contributed by atoms with Gasteiger partial charge in [-0.05, 0) is 126 Å². The fourth-order valence-corrected chi connectivity index (χ4v) is 5.94. The molecule has 31 nitrogen and oxygen atoms in total. The van der Waals surface area contributed by atoms with Gasteiger partial charge in [0.2, 0.25) is 23.6 Å². The van der Waals surface area contributed by atoms with Crippen LogP contribution in [0.1, 0.15) is 248 Å². The molecule has 0 saturated heterocycles. The third-order valence-corrected chi connectivity index (χ3v) is 14.8. The zero-order valence-electron chi connectivity index (χ0n) is 77.0. The molecular weight excluding hydrogens is 1420 g/mol. The summed E-state index contributed by atoms with van der Waals surface area (Å²) < 4.78 is 41.9. The summed E-state index contributed by atoms with van der Waals surface area (Å²) in [5.41, 5.74) is 2.67. The van der Waals surface area contributed by atoms with Crippen molar-refractivity contribution in [2.75, 3.05) is 178 Å². The van der Waals surface area contributed by atoms with Crippen LogP contribution in [0.15, 0.2) is 6.20 Å². The predicted molar refractivity (Wildman–Crippen MR) is 443 cm³/mol. The number of nitrogens with zero attached hydrogens (tertiary/aromatic N) is 11. The Balaban J connectivity index is -0.0000000937. The Bertz CT molecular complexity index is 2240. The lowest BCUT2D eigenvalue weighted by Crippen LogP contribution is -2.35. The molecule has 3 rings (SSSR count). The Morgan fingerprint density at radius 3 is 0.827 bits per heavy atom. The molecule has 2 fully saturated rings. The van der Waals surface area contributed by atoms with Crippen LogP contribution in [-0.2, 0) is 84.9 Å². The van der Waals surface area contributed by atoms with E-state index in [0.29, 0.717) is 84.7 Å². The highest BCUT2D eigenvalue weighted by atomic mass is 16.7. The molecule has 1 heterocycles. The number of urea groups is 1. The van der Waals surface area contributed by atoms with Crippen LogP contribution in [-0.4, -0.2) is 298 Å². The number of carbonyl (C=O) groups excluding carboxylic acids is 11. The molecule has 2 saturated carbocycles. The van der Waals surface area contributed by atoms with Crippen LogP contribution >= 0.6 is 0 Å². The summed E-state index contributed by atoms with van der Waals surface area (Å²) in [5.74, 6) is 0.512. The number of aromatic nitrogens is 3. The van der Waals surface area contributed by atoms with Crippen LogP contribution in [0.25, 0.3) is 0 Å². The number of rotatable bonds is 22. The molecule has 8 amide bonds. The van der Waals surface area contributed by atoms with Crippen molar-refractivity contribution in [2.24, 2.45) is 17.9 Å². The minimum absolute atomic E-state index is 0.0532. The number of aryl methyl sites for hydroxylation is 2. The molecule has 1 aromatic heterocycles. The molecule has 0 spiro atoms. The Morgan fingerprint density at radius 2 is 0.718 bits per heavy atom. The minimum Gasteiger partial charge on any atom is -0.469 e. The summed E-state index contributed by atoms with van der Waals surface area (Å²) in [6.07, 6.45) is 14.7. The molecule has 110 heavy (non-hydrogen) atoms. The highest BCUT2D eigenvalue weighted by Crippen LogP contribution is 2.51. The molecule has 0 radical (unpaired) electrons. The number of ether oxygens (including phenoxy) is 9. The van der Waals surface area contributed by atoms with E-state index in [1.807, 2.05) is 96.6 Å². The average molecular weight is 1590 g/mol. The van der Waals surface area contributed by atoms with Gasteiger partial charge in [0, 0.05) is 176 Å². The maximum absolute atomic E-state index is 10.9. The lowest BCUT2D eigenvalue weighted by Gasteiger charge is -2.19. The highest BCUT2D eigenvalue weighted by molar-refractivity contribution is 5.76. The van der Waals surface area contributed by atoms with Crippen LogP contribution in [0.2, 0.25) is 0 Å². The van der Waals surface area contributed by atoms with Gasteiger partial charge in [-0.3, -0.25) is 33.4 Å². The Hall–Kier alpha value is -7.73. The topological polar surface area (TPSA) is 327 Å².